The minimum Gasteiger partial charge on any atom is -0.390 e. The summed E-state index contributed by atoms with van der Waals surface area (Å²) in [5, 5.41) is 9.16. The molecule has 1 heterocycles. The number of aromatic nitrogens is 2. The molecule has 13 heavy (non-hydrogen) atoms. The third-order valence-electron chi connectivity index (χ3n) is 1.74. The normalized spacial score (nSPS) is 10.6. The molecule has 0 spiro atoms. The molecule has 0 unspecified atom stereocenters. The van der Waals surface area contributed by atoms with E-state index in [-0.39, 0.29) is 11.8 Å². The van der Waals surface area contributed by atoms with Crippen LogP contribution in [0.1, 0.15) is 5.69 Å². The average molecular weight is 195 g/mol. The van der Waals surface area contributed by atoms with Crippen molar-refractivity contribution < 1.29 is 5.11 Å². The quantitative estimate of drug-likeness (QED) is 0.753. The van der Waals surface area contributed by atoms with E-state index in [1.54, 1.807) is 0 Å². The van der Waals surface area contributed by atoms with Gasteiger partial charge < -0.3 is 5.11 Å². The van der Waals surface area contributed by atoms with E-state index in [1.807, 2.05) is 24.3 Å². The molecule has 0 amide bonds. The number of hydrogen-bond donors (Lipinski definition) is 1. The van der Waals surface area contributed by atoms with Gasteiger partial charge in [-0.3, -0.25) is 0 Å². The van der Waals surface area contributed by atoms with E-state index in [1.165, 1.54) is 0 Å². The number of benzene rings is 1. The van der Waals surface area contributed by atoms with Gasteiger partial charge in [0.05, 0.1) is 17.6 Å². The Bertz CT molecular complexity index is 445. The van der Waals surface area contributed by atoms with Gasteiger partial charge in [0.2, 0.25) is 0 Å². The highest BCUT2D eigenvalue weighted by atomic mass is 35.5. The summed E-state index contributed by atoms with van der Waals surface area (Å²) >= 11 is 5.77. The monoisotopic (exact) mass is 194 g/mol. The maximum absolute atomic E-state index is 8.89. The van der Waals surface area contributed by atoms with Gasteiger partial charge in [0, 0.05) is 0 Å². The Morgan fingerprint density at radius 1 is 1.15 bits per heavy atom. The second kappa shape index (κ2) is 3.28. The Morgan fingerprint density at radius 2 is 1.77 bits per heavy atom. The van der Waals surface area contributed by atoms with Crippen molar-refractivity contribution in [2.45, 2.75) is 6.61 Å². The van der Waals surface area contributed by atoms with Crippen LogP contribution in [0.15, 0.2) is 24.3 Å². The maximum atomic E-state index is 8.89. The molecule has 0 bridgehead atoms. The molecule has 0 aliphatic rings. The summed E-state index contributed by atoms with van der Waals surface area (Å²) in [4.78, 5) is 8.24. The molecule has 1 aromatic carbocycles. The summed E-state index contributed by atoms with van der Waals surface area (Å²) in [5.41, 5.74) is 1.90. The minimum absolute atomic E-state index is 0.184. The van der Waals surface area contributed by atoms with Crippen molar-refractivity contribution >= 4 is 22.6 Å². The first-order chi connectivity index (χ1) is 6.31. The molecule has 0 fully saturated rings. The highest BCUT2D eigenvalue weighted by Gasteiger charge is 2.04. The summed E-state index contributed by atoms with van der Waals surface area (Å²) in [6.07, 6.45) is 0. The first kappa shape index (κ1) is 8.41. The Labute approximate surface area is 80.0 Å². The Hall–Kier alpha value is -1.19. The molecule has 0 aliphatic carbocycles. The van der Waals surface area contributed by atoms with E-state index in [9.17, 15) is 0 Å². The number of fused-ring (bicyclic) bond motifs is 1. The molecule has 0 saturated heterocycles. The van der Waals surface area contributed by atoms with Gasteiger partial charge in [0.15, 0.2) is 5.15 Å². The number of halogens is 1. The molecule has 0 radical (unpaired) electrons. The van der Waals surface area contributed by atoms with E-state index in [0.717, 1.165) is 11.0 Å². The molecule has 0 aliphatic heterocycles. The Morgan fingerprint density at radius 3 is 2.38 bits per heavy atom. The highest BCUT2D eigenvalue weighted by molar-refractivity contribution is 6.30. The highest BCUT2D eigenvalue weighted by Crippen LogP contribution is 2.16. The zero-order valence-electron chi connectivity index (χ0n) is 6.74. The van der Waals surface area contributed by atoms with E-state index in [0.29, 0.717) is 5.69 Å². The lowest BCUT2D eigenvalue weighted by atomic mass is 10.3. The van der Waals surface area contributed by atoms with Crippen LogP contribution in [0.2, 0.25) is 5.15 Å². The van der Waals surface area contributed by atoms with Gasteiger partial charge in [-0.25, -0.2) is 9.97 Å². The number of aliphatic hydroxyl groups excluding tert-OH is 1. The van der Waals surface area contributed by atoms with Crippen molar-refractivity contribution in [1.82, 2.24) is 9.97 Å². The van der Waals surface area contributed by atoms with Crippen molar-refractivity contribution in [2.24, 2.45) is 0 Å². The molecule has 2 rings (SSSR count). The standard InChI is InChI=1S/C9H7ClN2O/c10-9-8(5-13)11-6-3-1-2-4-7(6)12-9/h1-4,13H,5H2. The number of aliphatic hydroxyl groups is 1. The van der Waals surface area contributed by atoms with E-state index >= 15 is 0 Å². The molecule has 0 atom stereocenters. The maximum Gasteiger partial charge on any atom is 0.153 e. The van der Waals surface area contributed by atoms with Gasteiger partial charge >= 0.3 is 0 Å². The zero-order chi connectivity index (χ0) is 9.26. The van der Waals surface area contributed by atoms with Crippen molar-refractivity contribution in [3.63, 3.8) is 0 Å². The third kappa shape index (κ3) is 1.48. The smallest absolute Gasteiger partial charge is 0.153 e. The van der Waals surface area contributed by atoms with Gasteiger partial charge in [-0.1, -0.05) is 23.7 Å². The van der Waals surface area contributed by atoms with Crippen molar-refractivity contribution in [3.8, 4) is 0 Å². The van der Waals surface area contributed by atoms with Crippen LogP contribution in [0.4, 0.5) is 0 Å². The number of hydrogen-bond acceptors (Lipinski definition) is 3. The van der Waals surface area contributed by atoms with Crippen LogP contribution < -0.4 is 0 Å². The van der Waals surface area contributed by atoms with Crippen molar-refractivity contribution in [3.05, 3.63) is 35.1 Å². The van der Waals surface area contributed by atoms with E-state index in [2.05, 4.69) is 9.97 Å². The van der Waals surface area contributed by atoms with Crippen LogP contribution >= 0.6 is 11.6 Å². The predicted molar refractivity (Wildman–Crippen MR) is 50.5 cm³/mol. The van der Waals surface area contributed by atoms with Crippen LogP contribution in [0.5, 0.6) is 0 Å². The zero-order valence-corrected chi connectivity index (χ0v) is 7.49. The van der Waals surface area contributed by atoms with Crippen molar-refractivity contribution in [1.29, 1.82) is 0 Å². The molecule has 3 nitrogen and oxygen atoms in total. The molecule has 1 aromatic heterocycles. The molecular formula is C9H7ClN2O. The molecule has 1 N–H and O–H groups in total. The third-order valence-corrected chi connectivity index (χ3v) is 2.05. The second-order valence-corrected chi connectivity index (χ2v) is 2.97. The molecule has 2 aromatic rings. The lowest BCUT2D eigenvalue weighted by Crippen LogP contribution is -1.94. The van der Waals surface area contributed by atoms with Crippen LogP contribution in [0.3, 0.4) is 0 Å². The Kier molecular flexibility index (Phi) is 2.12. The summed E-state index contributed by atoms with van der Waals surface area (Å²) in [5.74, 6) is 0. The molecular weight excluding hydrogens is 188 g/mol. The number of rotatable bonds is 1. The summed E-state index contributed by atoms with van der Waals surface area (Å²) in [7, 11) is 0. The molecule has 66 valence electrons. The SMILES string of the molecule is OCc1nc2ccccc2nc1Cl. The van der Waals surface area contributed by atoms with E-state index in [4.69, 9.17) is 16.7 Å². The number of para-hydroxylation sites is 2. The van der Waals surface area contributed by atoms with E-state index < -0.39 is 0 Å². The van der Waals surface area contributed by atoms with Gasteiger partial charge in [0.1, 0.15) is 5.69 Å². The fourth-order valence-corrected chi connectivity index (χ4v) is 1.31. The van der Waals surface area contributed by atoms with Gasteiger partial charge in [-0.05, 0) is 12.1 Å². The van der Waals surface area contributed by atoms with Gasteiger partial charge in [-0.2, -0.15) is 0 Å². The summed E-state index contributed by atoms with van der Waals surface area (Å²) in [6, 6.07) is 7.39. The average Bonchev–Trinajstić information content (AvgIpc) is 2.17. The minimum atomic E-state index is -0.184. The van der Waals surface area contributed by atoms with Crippen LogP contribution in [-0.2, 0) is 6.61 Å². The number of nitrogens with zero attached hydrogens (tertiary/aromatic N) is 2. The fraction of sp³-hybridized carbons (Fsp3) is 0.111. The van der Waals surface area contributed by atoms with Crippen molar-refractivity contribution in [2.75, 3.05) is 0 Å². The fourth-order valence-electron chi connectivity index (χ4n) is 1.12. The lowest BCUT2D eigenvalue weighted by molar-refractivity contribution is 0.277. The second-order valence-electron chi connectivity index (χ2n) is 2.61. The lowest BCUT2D eigenvalue weighted by Gasteiger charge is -2.00. The van der Waals surface area contributed by atoms with Gasteiger partial charge in [0.25, 0.3) is 0 Å². The molecule has 0 saturated carbocycles. The topological polar surface area (TPSA) is 46.0 Å². The predicted octanol–water partition coefficient (Wildman–Crippen LogP) is 1.78. The first-order valence-electron chi connectivity index (χ1n) is 3.83. The van der Waals surface area contributed by atoms with Crippen LogP contribution in [-0.4, -0.2) is 15.1 Å². The Balaban J connectivity index is 2.74. The largest absolute Gasteiger partial charge is 0.390 e. The summed E-state index contributed by atoms with van der Waals surface area (Å²) in [6.45, 7) is -0.184. The van der Waals surface area contributed by atoms with Crippen LogP contribution in [0.25, 0.3) is 11.0 Å². The van der Waals surface area contributed by atoms with Crippen LogP contribution in [0, 0.1) is 0 Å². The summed E-state index contributed by atoms with van der Waals surface area (Å²) < 4.78 is 0. The molecule has 4 heteroatoms. The van der Waals surface area contributed by atoms with Gasteiger partial charge in [-0.15, -0.1) is 0 Å². The first-order valence-corrected chi connectivity index (χ1v) is 4.21.